The number of amides is 4. The van der Waals surface area contributed by atoms with Crippen LogP contribution in [0.3, 0.4) is 0 Å². The van der Waals surface area contributed by atoms with Crippen molar-refractivity contribution in [3.63, 3.8) is 0 Å². The number of benzene rings is 3. The first-order valence-corrected chi connectivity index (χ1v) is 22.9. The fourth-order valence-electron chi connectivity index (χ4n) is 11.0. The summed E-state index contributed by atoms with van der Waals surface area (Å²) in [4.78, 5) is 71.6. The number of imidazole rings is 1. The maximum atomic E-state index is 13.8. The van der Waals surface area contributed by atoms with Crippen LogP contribution in [0.1, 0.15) is 107 Å². The normalized spacial score (nSPS) is 22.1. The minimum Gasteiger partial charge on any atom is -0.453 e. The average Bonchev–Trinajstić information content (AvgIpc) is 4.17. The molecule has 4 aromatic rings. The van der Waals surface area contributed by atoms with Crippen LogP contribution in [0.2, 0.25) is 0 Å². The smallest absolute Gasteiger partial charge is 0.407 e. The van der Waals surface area contributed by atoms with Crippen molar-refractivity contribution < 1.29 is 28.7 Å². The number of aliphatic imine (C=N–C) groups is 1. The Morgan fingerprint density at radius 3 is 1.84 bits per heavy atom. The molecule has 336 valence electrons. The predicted octanol–water partition coefficient (Wildman–Crippen LogP) is 8.28. The van der Waals surface area contributed by atoms with Crippen molar-refractivity contribution >= 4 is 35.4 Å². The molecule has 3 unspecified atom stereocenters. The molecule has 3 N–H and O–H groups in total. The first-order chi connectivity index (χ1) is 30.9. The zero-order chi connectivity index (χ0) is 45.0. The van der Waals surface area contributed by atoms with Gasteiger partial charge in [-0.15, -0.1) is 0 Å². The molecule has 6 heterocycles. The van der Waals surface area contributed by atoms with Crippen molar-refractivity contribution in [3.05, 3.63) is 83.3 Å². The molecule has 0 saturated carbocycles. The number of aromatic nitrogens is 2. The van der Waals surface area contributed by atoms with Gasteiger partial charge in [0.25, 0.3) is 0 Å². The molecule has 5 aliphatic rings. The maximum Gasteiger partial charge on any atom is 0.407 e. The lowest BCUT2D eigenvalue weighted by Crippen LogP contribution is -2.53. The molecule has 6 atom stereocenters. The maximum absolute atomic E-state index is 13.8. The van der Waals surface area contributed by atoms with Gasteiger partial charge >= 0.3 is 12.2 Å². The highest BCUT2D eigenvalue weighted by Gasteiger charge is 2.45. The molecular formula is C50H60N8O6. The quantitative estimate of drug-likeness (QED) is 0.136. The molecule has 4 amide bonds. The monoisotopic (exact) mass is 868 g/mol. The molecule has 14 heteroatoms. The molecule has 5 aliphatic heterocycles. The Bertz CT molecular complexity index is 2490. The lowest BCUT2D eigenvalue weighted by atomic mass is 9.82. The number of H-pyrrole nitrogens is 1. The third kappa shape index (κ3) is 7.73. The Hall–Kier alpha value is -6.02. The summed E-state index contributed by atoms with van der Waals surface area (Å²) in [6.07, 6.45) is 6.99. The van der Waals surface area contributed by atoms with Crippen molar-refractivity contribution in [2.45, 2.75) is 109 Å². The second kappa shape index (κ2) is 17.5. The lowest BCUT2D eigenvalue weighted by molar-refractivity contribution is -0.135. The minimum atomic E-state index is -0.689. The molecule has 64 heavy (non-hydrogen) atoms. The molecule has 0 radical (unpaired) electrons. The lowest BCUT2D eigenvalue weighted by Gasteiger charge is -2.30. The molecule has 1 aromatic heterocycles. The first kappa shape index (κ1) is 43.2. The number of fused-ring (bicyclic) bond motifs is 6. The molecule has 3 saturated heterocycles. The molecular weight excluding hydrogens is 809 g/mol. The fraction of sp³-hybridized carbons (Fsp3) is 0.480. The van der Waals surface area contributed by atoms with E-state index in [4.69, 9.17) is 19.5 Å². The standard InChI is InChI=1S/C50H60N8O6/c1-27(2)44(54-49(61)63-6)47(59)57-22-8-10-38(57)36-25-32-24-31(16-19-35(32)52-36)29-12-14-30(15-13-29)33-17-18-34(43-40-21-20-39(42(33)43)56(40)5)37-26-51-46(53-37)41-11-9-23-58(41)48(60)45(28(3)4)55-50(62)64-7/h12-19,24,26-28,38-41,44-45H,8-11,20-23,25H2,1-7H3,(H,51,53)(H,54,61)(H,55,62)/t38?,39?,40?,41-,44-,45-/m0/s1. The number of likely N-dealkylation sites (tertiary alicyclic amines) is 2. The number of hydrogen-bond donors (Lipinski definition) is 3. The minimum absolute atomic E-state index is 0.0877. The van der Waals surface area contributed by atoms with Gasteiger partial charge in [-0.25, -0.2) is 14.6 Å². The SMILES string of the molecule is COC(=O)N[C@H](C(=O)N1CCCC1C1=Nc2ccc(-c3ccc(-c4ccc(-c5cnc([C@@H]6CCCN6C(=O)[C@@H](NC(=O)OC)C(C)C)[nH]5)c5c4C4CCC5N4C)cc3)cc2C1)C(C)C. The van der Waals surface area contributed by atoms with E-state index < -0.39 is 24.3 Å². The number of nitrogens with one attached hydrogen (secondary N) is 3. The number of methoxy groups -OCH3 is 2. The summed E-state index contributed by atoms with van der Waals surface area (Å²) in [6.45, 7) is 8.95. The Morgan fingerprint density at radius 2 is 1.23 bits per heavy atom. The van der Waals surface area contributed by atoms with Gasteiger partial charge in [-0.05, 0) is 108 Å². The fourth-order valence-corrected chi connectivity index (χ4v) is 11.0. The summed E-state index contributed by atoms with van der Waals surface area (Å²) >= 11 is 0. The van der Waals surface area contributed by atoms with Gasteiger partial charge in [0, 0.05) is 42.9 Å². The van der Waals surface area contributed by atoms with E-state index in [0.29, 0.717) is 31.6 Å². The number of nitrogens with zero attached hydrogens (tertiary/aromatic N) is 5. The van der Waals surface area contributed by atoms with Crippen molar-refractivity contribution in [2.24, 2.45) is 16.8 Å². The van der Waals surface area contributed by atoms with E-state index in [1.165, 1.54) is 36.5 Å². The highest BCUT2D eigenvalue weighted by Crippen LogP contribution is 2.57. The highest BCUT2D eigenvalue weighted by atomic mass is 16.5. The van der Waals surface area contributed by atoms with E-state index in [2.05, 4.69) is 82.2 Å². The summed E-state index contributed by atoms with van der Waals surface area (Å²) in [5.41, 5.74) is 12.6. The number of alkyl carbamates (subject to hydrolysis) is 2. The van der Waals surface area contributed by atoms with Crippen LogP contribution in [-0.4, -0.2) is 107 Å². The van der Waals surface area contributed by atoms with Crippen LogP contribution in [0.15, 0.2) is 65.8 Å². The molecule has 0 spiro atoms. The molecule has 0 aliphatic carbocycles. The van der Waals surface area contributed by atoms with Crippen LogP contribution in [0.5, 0.6) is 0 Å². The largest absolute Gasteiger partial charge is 0.453 e. The van der Waals surface area contributed by atoms with Gasteiger partial charge in [0.05, 0.1) is 43.9 Å². The summed E-state index contributed by atoms with van der Waals surface area (Å²) in [5.74, 6) is 0.359. The van der Waals surface area contributed by atoms with E-state index >= 15 is 0 Å². The second-order valence-corrected chi connectivity index (χ2v) is 18.7. The molecule has 2 bridgehead atoms. The topological polar surface area (TPSA) is 162 Å². The van der Waals surface area contributed by atoms with Crippen LogP contribution in [0.4, 0.5) is 15.3 Å². The van der Waals surface area contributed by atoms with Gasteiger partial charge in [-0.1, -0.05) is 70.2 Å². The number of carbonyl (C=O) groups excluding carboxylic acids is 4. The summed E-state index contributed by atoms with van der Waals surface area (Å²) in [7, 11) is 4.86. The Kier molecular flexibility index (Phi) is 11.8. The van der Waals surface area contributed by atoms with Gasteiger partial charge in [0.1, 0.15) is 17.9 Å². The van der Waals surface area contributed by atoms with Crippen molar-refractivity contribution in [3.8, 4) is 33.5 Å². The predicted molar refractivity (Wildman–Crippen MR) is 245 cm³/mol. The third-order valence-electron chi connectivity index (χ3n) is 14.3. The van der Waals surface area contributed by atoms with Crippen LogP contribution in [0.25, 0.3) is 33.5 Å². The van der Waals surface area contributed by atoms with E-state index in [0.717, 1.165) is 83.7 Å². The van der Waals surface area contributed by atoms with Gasteiger partial charge in [0.2, 0.25) is 11.8 Å². The van der Waals surface area contributed by atoms with Crippen LogP contribution < -0.4 is 10.6 Å². The Labute approximate surface area is 375 Å². The second-order valence-electron chi connectivity index (χ2n) is 18.7. The van der Waals surface area contributed by atoms with Gasteiger partial charge < -0.3 is 34.9 Å². The van der Waals surface area contributed by atoms with Crippen LogP contribution in [0, 0.1) is 11.8 Å². The van der Waals surface area contributed by atoms with Crippen molar-refractivity contribution in [2.75, 3.05) is 34.4 Å². The van der Waals surface area contributed by atoms with Crippen LogP contribution >= 0.6 is 0 Å². The highest BCUT2D eigenvalue weighted by molar-refractivity contribution is 6.01. The zero-order valence-electron chi connectivity index (χ0n) is 37.9. The van der Waals surface area contributed by atoms with E-state index in [-0.39, 0.29) is 35.7 Å². The van der Waals surface area contributed by atoms with Gasteiger partial charge in [-0.2, -0.15) is 0 Å². The van der Waals surface area contributed by atoms with Crippen molar-refractivity contribution in [1.82, 2.24) is 35.3 Å². The third-order valence-corrected chi connectivity index (χ3v) is 14.3. The van der Waals surface area contributed by atoms with Gasteiger partial charge in [-0.3, -0.25) is 19.5 Å². The first-order valence-electron chi connectivity index (χ1n) is 22.9. The molecule has 9 rings (SSSR count). The van der Waals surface area contributed by atoms with Crippen molar-refractivity contribution in [1.29, 1.82) is 0 Å². The molecule has 3 fully saturated rings. The molecule has 14 nitrogen and oxygen atoms in total. The van der Waals surface area contributed by atoms with Gasteiger partial charge in [0.15, 0.2) is 0 Å². The summed E-state index contributed by atoms with van der Waals surface area (Å²) in [5, 5.41) is 5.49. The summed E-state index contributed by atoms with van der Waals surface area (Å²) < 4.78 is 9.64. The Balaban J connectivity index is 0.931. The number of rotatable bonds is 11. The Morgan fingerprint density at radius 1 is 0.688 bits per heavy atom. The van der Waals surface area contributed by atoms with E-state index in [1.807, 2.05) is 43.7 Å². The average molecular weight is 869 g/mol. The number of carbonyl (C=O) groups is 4. The summed E-state index contributed by atoms with van der Waals surface area (Å²) in [6, 6.07) is 18.8. The molecule has 3 aromatic carbocycles. The van der Waals surface area contributed by atoms with E-state index in [1.54, 1.807) is 0 Å². The van der Waals surface area contributed by atoms with Crippen LogP contribution in [-0.2, 0) is 25.5 Å². The number of hydrogen-bond acceptors (Lipinski definition) is 9. The zero-order valence-corrected chi connectivity index (χ0v) is 37.9. The number of ether oxygens (including phenoxy) is 2. The number of aromatic amines is 1. The van der Waals surface area contributed by atoms with E-state index in [9.17, 15) is 19.2 Å².